The minimum absolute atomic E-state index is 0.246. The van der Waals surface area contributed by atoms with E-state index in [4.69, 9.17) is 4.74 Å². The lowest BCUT2D eigenvalue weighted by Gasteiger charge is -2.23. The Kier molecular flexibility index (Phi) is 8.86. The first-order valence-corrected chi connectivity index (χ1v) is 8.22. The summed E-state index contributed by atoms with van der Waals surface area (Å²) < 4.78 is 5.08. The monoisotopic (exact) mass is 329 g/mol. The number of carbonyl (C=O) groups is 1. The van der Waals surface area contributed by atoms with E-state index >= 15 is 0 Å². The number of hydrogen-bond donors (Lipinski definition) is 2. The standard InChI is InChI=1S/C15H27N3O5/c1-10-5-3-6-12(17-21)7-4-8-16-11(2)14(18-22)13(19)9-23-15(10)20/h10-14,16,19H,3-9H2,1-2H3/t10-,11-,12+,13?,14-/m1/s1. The topological polar surface area (TPSA) is 117 Å². The van der Waals surface area contributed by atoms with E-state index in [1.165, 1.54) is 0 Å². The number of esters is 1. The van der Waals surface area contributed by atoms with Gasteiger partial charge in [-0.1, -0.05) is 23.7 Å². The maximum absolute atomic E-state index is 11.9. The van der Waals surface area contributed by atoms with Gasteiger partial charge in [0.15, 0.2) is 0 Å². The lowest BCUT2D eigenvalue weighted by Crippen LogP contribution is -2.45. The Bertz CT molecular complexity index is 393. The van der Waals surface area contributed by atoms with Gasteiger partial charge in [-0.15, -0.1) is 0 Å². The predicted octanol–water partition coefficient (Wildman–Crippen LogP) is 1.74. The van der Waals surface area contributed by atoms with Crippen LogP contribution in [-0.4, -0.2) is 48.5 Å². The van der Waals surface area contributed by atoms with E-state index in [1.807, 2.05) is 0 Å². The molecule has 1 heterocycles. The highest BCUT2D eigenvalue weighted by Crippen LogP contribution is 2.16. The lowest BCUT2D eigenvalue weighted by atomic mass is 9.99. The van der Waals surface area contributed by atoms with Crippen molar-refractivity contribution in [1.29, 1.82) is 0 Å². The smallest absolute Gasteiger partial charge is 0.308 e. The highest BCUT2D eigenvalue weighted by atomic mass is 16.5. The minimum atomic E-state index is -1.14. The van der Waals surface area contributed by atoms with Crippen LogP contribution in [0.3, 0.4) is 0 Å². The molecule has 2 N–H and O–H groups in total. The molecule has 0 saturated carbocycles. The molecule has 5 atom stereocenters. The van der Waals surface area contributed by atoms with Crippen LogP contribution in [-0.2, 0) is 9.53 Å². The van der Waals surface area contributed by atoms with Crippen molar-refractivity contribution in [3.05, 3.63) is 9.81 Å². The van der Waals surface area contributed by atoms with Gasteiger partial charge in [0, 0.05) is 6.04 Å². The summed E-state index contributed by atoms with van der Waals surface area (Å²) in [5, 5.41) is 19.2. The van der Waals surface area contributed by atoms with Crippen molar-refractivity contribution < 1.29 is 14.6 Å². The van der Waals surface area contributed by atoms with Gasteiger partial charge in [0.05, 0.1) is 12.0 Å². The third-order valence-corrected chi connectivity index (χ3v) is 4.33. The SMILES string of the molecule is C[C@@H]1CCC[C@H](N=O)CCCN[C@H](C)[C@@H](N=O)C(O)COC1=O. The second-order valence-corrected chi connectivity index (χ2v) is 6.27. The number of ether oxygens (including phenoxy) is 1. The second-order valence-electron chi connectivity index (χ2n) is 6.27. The van der Waals surface area contributed by atoms with E-state index in [2.05, 4.69) is 15.7 Å². The van der Waals surface area contributed by atoms with Crippen molar-refractivity contribution in [3.8, 4) is 0 Å². The number of hydrogen-bond acceptors (Lipinski definition) is 8. The van der Waals surface area contributed by atoms with Crippen molar-refractivity contribution in [2.75, 3.05) is 13.2 Å². The Morgan fingerprint density at radius 2 is 1.83 bits per heavy atom. The van der Waals surface area contributed by atoms with E-state index in [0.717, 1.165) is 12.8 Å². The van der Waals surface area contributed by atoms with E-state index in [1.54, 1.807) is 13.8 Å². The molecule has 1 aliphatic rings. The molecular formula is C15H27N3O5. The quantitative estimate of drug-likeness (QED) is 0.588. The van der Waals surface area contributed by atoms with Gasteiger partial charge in [-0.05, 0) is 39.2 Å². The minimum Gasteiger partial charge on any atom is -0.463 e. The molecule has 1 rings (SSSR count). The van der Waals surface area contributed by atoms with Gasteiger partial charge >= 0.3 is 5.97 Å². The Morgan fingerprint density at radius 1 is 1.13 bits per heavy atom. The van der Waals surface area contributed by atoms with Crippen molar-refractivity contribution in [2.45, 2.75) is 70.2 Å². The summed E-state index contributed by atoms with van der Waals surface area (Å²) in [6.07, 6.45) is 2.23. The summed E-state index contributed by atoms with van der Waals surface area (Å²) >= 11 is 0. The molecule has 0 aromatic heterocycles. The van der Waals surface area contributed by atoms with Crippen molar-refractivity contribution in [2.24, 2.45) is 16.3 Å². The van der Waals surface area contributed by atoms with Crippen LogP contribution < -0.4 is 5.32 Å². The Labute approximate surface area is 136 Å². The van der Waals surface area contributed by atoms with Crippen molar-refractivity contribution >= 4 is 5.97 Å². The zero-order valence-corrected chi connectivity index (χ0v) is 13.8. The van der Waals surface area contributed by atoms with E-state index in [-0.39, 0.29) is 24.6 Å². The molecule has 132 valence electrons. The van der Waals surface area contributed by atoms with Crippen LogP contribution in [0.5, 0.6) is 0 Å². The maximum Gasteiger partial charge on any atom is 0.308 e. The van der Waals surface area contributed by atoms with Gasteiger partial charge in [0.1, 0.15) is 18.8 Å². The van der Waals surface area contributed by atoms with Gasteiger partial charge in [-0.2, -0.15) is 9.81 Å². The first-order chi connectivity index (χ1) is 11.0. The fourth-order valence-electron chi connectivity index (χ4n) is 2.72. The van der Waals surface area contributed by atoms with Crippen LogP contribution in [0.15, 0.2) is 10.4 Å². The second kappa shape index (κ2) is 10.4. The summed E-state index contributed by atoms with van der Waals surface area (Å²) in [6, 6.07) is -1.51. The number of nitrogens with zero attached hydrogens (tertiary/aromatic N) is 2. The molecule has 1 aliphatic heterocycles. The Balaban J connectivity index is 2.72. The number of nitroso groups, excluding NO2 is 2. The molecule has 0 amide bonds. The Hall–Kier alpha value is -1.41. The molecule has 1 saturated heterocycles. The van der Waals surface area contributed by atoms with Crippen LogP contribution in [0.4, 0.5) is 0 Å². The fourth-order valence-corrected chi connectivity index (χ4v) is 2.72. The molecular weight excluding hydrogens is 302 g/mol. The van der Waals surface area contributed by atoms with Gasteiger partial charge in [0.25, 0.3) is 0 Å². The van der Waals surface area contributed by atoms with Crippen LogP contribution in [0.2, 0.25) is 0 Å². The normalized spacial score (nSPS) is 35.4. The van der Waals surface area contributed by atoms with Crippen LogP contribution in [0.1, 0.15) is 46.0 Å². The average Bonchev–Trinajstić information content (AvgIpc) is 2.54. The van der Waals surface area contributed by atoms with E-state index in [9.17, 15) is 19.7 Å². The first-order valence-electron chi connectivity index (χ1n) is 8.22. The summed E-state index contributed by atoms with van der Waals surface area (Å²) in [4.78, 5) is 33.7. The summed E-state index contributed by atoms with van der Waals surface area (Å²) in [5.41, 5.74) is 0. The molecule has 0 aromatic rings. The molecule has 23 heavy (non-hydrogen) atoms. The van der Waals surface area contributed by atoms with E-state index in [0.29, 0.717) is 25.8 Å². The van der Waals surface area contributed by atoms with Crippen molar-refractivity contribution in [1.82, 2.24) is 5.32 Å². The third kappa shape index (κ3) is 6.70. The third-order valence-electron chi connectivity index (χ3n) is 4.33. The molecule has 0 aromatic carbocycles. The number of rotatable bonds is 2. The number of carbonyl (C=O) groups excluding carboxylic acids is 1. The molecule has 0 bridgehead atoms. The van der Waals surface area contributed by atoms with Gasteiger partial charge in [0.2, 0.25) is 0 Å². The summed E-state index contributed by atoms with van der Waals surface area (Å²) in [6.45, 7) is 3.84. The van der Waals surface area contributed by atoms with Gasteiger partial charge in [-0.25, -0.2) is 0 Å². The molecule has 0 radical (unpaired) electrons. The first kappa shape index (κ1) is 19.6. The average molecular weight is 329 g/mol. The predicted molar refractivity (Wildman–Crippen MR) is 85.8 cm³/mol. The maximum atomic E-state index is 11.9. The van der Waals surface area contributed by atoms with Gasteiger partial charge in [-0.3, -0.25) is 4.79 Å². The summed E-state index contributed by atoms with van der Waals surface area (Å²) in [7, 11) is 0. The van der Waals surface area contributed by atoms with Crippen LogP contribution in [0.25, 0.3) is 0 Å². The largest absolute Gasteiger partial charge is 0.463 e. The number of aliphatic hydroxyl groups is 1. The molecule has 0 spiro atoms. The van der Waals surface area contributed by atoms with Crippen molar-refractivity contribution in [3.63, 3.8) is 0 Å². The zero-order valence-electron chi connectivity index (χ0n) is 13.8. The molecule has 8 nitrogen and oxygen atoms in total. The Morgan fingerprint density at radius 3 is 2.48 bits per heavy atom. The highest BCUT2D eigenvalue weighted by molar-refractivity contribution is 5.71. The lowest BCUT2D eigenvalue weighted by molar-refractivity contribution is -0.151. The van der Waals surface area contributed by atoms with Crippen LogP contribution in [0, 0.1) is 15.7 Å². The van der Waals surface area contributed by atoms with Gasteiger partial charge < -0.3 is 15.2 Å². The number of cyclic esters (lactones) is 1. The molecule has 1 fully saturated rings. The molecule has 8 heteroatoms. The number of aliphatic hydroxyl groups excluding tert-OH is 1. The van der Waals surface area contributed by atoms with Crippen LogP contribution >= 0.6 is 0 Å². The highest BCUT2D eigenvalue weighted by Gasteiger charge is 2.28. The zero-order chi connectivity index (χ0) is 17.2. The number of nitrogens with one attached hydrogen (secondary N) is 1. The summed E-state index contributed by atoms with van der Waals surface area (Å²) in [5.74, 6) is -0.738. The molecule has 1 unspecified atom stereocenters. The van der Waals surface area contributed by atoms with E-state index < -0.39 is 18.1 Å². The fraction of sp³-hybridized carbons (Fsp3) is 0.933. The molecule has 0 aliphatic carbocycles.